The number of nitriles is 1. The SMILES string of the molecule is CCCO[C@@](C)(CCC)C(=O)Nc1ccc(OC(C)C)c(C#N)c1. The van der Waals surface area contributed by atoms with Crippen LogP contribution in [0.15, 0.2) is 18.2 Å². The lowest BCUT2D eigenvalue weighted by Gasteiger charge is -2.28. The molecule has 0 unspecified atom stereocenters. The van der Waals surface area contributed by atoms with Gasteiger partial charge in [0.2, 0.25) is 0 Å². The van der Waals surface area contributed by atoms with E-state index in [-0.39, 0.29) is 12.0 Å². The van der Waals surface area contributed by atoms with E-state index in [1.54, 1.807) is 18.2 Å². The first kappa shape index (κ1) is 20.0. The maximum atomic E-state index is 12.6. The van der Waals surface area contributed by atoms with Gasteiger partial charge in [0, 0.05) is 12.3 Å². The van der Waals surface area contributed by atoms with Gasteiger partial charge in [-0.25, -0.2) is 0 Å². The lowest BCUT2D eigenvalue weighted by atomic mass is 9.98. The minimum atomic E-state index is -0.870. The number of rotatable bonds is 9. The molecule has 0 spiro atoms. The van der Waals surface area contributed by atoms with Crippen LogP contribution in [-0.2, 0) is 9.53 Å². The van der Waals surface area contributed by atoms with Crippen LogP contribution in [0.4, 0.5) is 5.69 Å². The van der Waals surface area contributed by atoms with Crippen LogP contribution in [0.2, 0.25) is 0 Å². The summed E-state index contributed by atoms with van der Waals surface area (Å²) in [6, 6.07) is 7.18. The number of nitrogens with zero attached hydrogens (tertiary/aromatic N) is 1. The largest absolute Gasteiger partial charge is 0.490 e. The summed E-state index contributed by atoms with van der Waals surface area (Å²) in [5.41, 5.74) is 0.0910. The van der Waals surface area contributed by atoms with E-state index in [1.165, 1.54) is 0 Å². The van der Waals surface area contributed by atoms with Crippen LogP contribution in [0, 0.1) is 11.3 Å². The first-order valence-electron chi connectivity index (χ1n) is 8.52. The summed E-state index contributed by atoms with van der Waals surface area (Å²) < 4.78 is 11.4. The van der Waals surface area contributed by atoms with Crippen LogP contribution in [0.1, 0.15) is 59.4 Å². The van der Waals surface area contributed by atoms with Gasteiger partial charge in [-0.15, -0.1) is 0 Å². The van der Waals surface area contributed by atoms with Crippen LogP contribution >= 0.6 is 0 Å². The average molecular weight is 332 g/mol. The molecule has 24 heavy (non-hydrogen) atoms. The predicted octanol–water partition coefficient (Wildman–Crippen LogP) is 4.27. The molecule has 0 radical (unpaired) electrons. The third kappa shape index (κ3) is 5.54. The minimum absolute atomic E-state index is 0.0205. The monoisotopic (exact) mass is 332 g/mol. The fourth-order valence-corrected chi connectivity index (χ4v) is 2.37. The van der Waals surface area contributed by atoms with Gasteiger partial charge >= 0.3 is 0 Å². The second-order valence-corrected chi connectivity index (χ2v) is 6.27. The van der Waals surface area contributed by atoms with Gasteiger partial charge in [-0.2, -0.15) is 5.26 Å². The number of carbonyl (C=O) groups excluding carboxylic acids is 1. The Kier molecular flexibility index (Phi) is 7.73. The van der Waals surface area contributed by atoms with E-state index in [0.717, 1.165) is 12.8 Å². The number of hydrogen-bond donors (Lipinski definition) is 1. The Morgan fingerprint density at radius 3 is 2.58 bits per heavy atom. The van der Waals surface area contributed by atoms with E-state index in [2.05, 4.69) is 11.4 Å². The Morgan fingerprint density at radius 2 is 2.04 bits per heavy atom. The zero-order valence-corrected chi connectivity index (χ0v) is 15.3. The molecule has 1 rings (SSSR count). The highest BCUT2D eigenvalue weighted by molar-refractivity contribution is 5.97. The summed E-state index contributed by atoms with van der Waals surface area (Å²) in [4.78, 5) is 12.6. The van der Waals surface area contributed by atoms with Crippen molar-refractivity contribution in [3.63, 3.8) is 0 Å². The lowest BCUT2D eigenvalue weighted by molar-refractivity contribution is -0.140. The number of hydrogen-bond acceptors (Lipinski definition) is 4. The quantitative estimate of drug-likeness (QED) is 0.733. The number of amides is 1. The van der Waals surface area contributed by atoms with Crippen LogP contribution in [-0.4, -0.2) is 24.2 Å². The number of benzene rings is 1. The summed E-state index contributed by atoms with van der Waals surface area (Å²) in [5.74, 6) is 0.322. The molecular formula is C19H28N2O3. The van der Waals surface area contributed by atoms with E-state index >= 15 is 0 Å². The molecule has 1 atom stereocenters. The molecule has 0 aliphatic rings. The minimum Gasteiger partial charge on any atom is -0.490 e. The van der Waals surface area contributed by atoms with Gasteiger partial charge < -0.3 is 14.8 Å². The van der Waals surface area contributed by atoms with Crippen LogP contribution < -0.4 is 10.1 Å². The second kappa shape index (κ2) is 9.29. The number of ether oxygens (including phenoxy) is 2. The lowest BCUT2D eigenvalue weighted by Crippen LogP contribution is -2.43. The summed E-state index contributed by atoms with van der Waals surface area (Å²) in [7, 11) is 0. The van der Waals surface area contributed by atoms with Gasteiger partial charge in [0.15, 0.2) is 0 Å². The highest BCUT2D eigenvalue weighted by atomic mass is 16.5. The zero-order chi connectivity index (χ0) is 18.2. The molecule has 1 N–H and O–H groups in total. The van der Waals surface area contributed by atoms with Gasteiger partial charge in [-0.05, 0) is 51.8 Å². The summed E-state index contributed by atoms with van der Waals surface area (Å²) in [5, 5.41) is 12.1. The Morgan fingerprint density at radius 1 is 1.33 bits per heavy atom. The molecule has 5 nitrogen and oxygen atoms in total. The molecule has 1 amide bonds. The second-order valence-electron chi connectivity index (χ2n) is 6.27. The Labute approximate surface area is 145 Å². The van der Waals surface area contributed by atoms with Crippen molar-refractivity contribution in [3.05, 3.63) is 23.8 Å². The van der Waals surface area contributed by atoms with Crippen molar-refractivity contribution in [3.8, 4) is 11.8 Å². The zero-order valence-electron chi connectivity index (χ0n) is 15.3. The highest BCUT2D eigenvalue weighted by Crippen LogP contribution is 2.25. The molecular weight excluding hydrogens is 304 g/mol. The first-order valence-corrected chi connectivity index (χ1v) is 8.52. The van der Waals surface area contributed by atoms with Crippen molar-refractivity contribution in [1.29, 1.82) is 5.26 Å². The molecule has 0 aliphatic heterocycles. The van der Waals surface area contributed by atoms with E-state index < -0.39 is 5.60 Å². The van der Waals surface area contributed by atoms with Crippen molar-refractivity contribution >= 4 is 11.6 Å². The van der Waals surface area contributed by atoms with Gasteiger partial charge in [-0.1, -0.05) is 20.3 Å². The first-order chi connectivity index (χ1) is 11.4. The fraction of sp³-hybridized carbons (Fsp3) is 0.579. The van der Waals surface area contributed by atoms with Crippen molar-refractivity contribution in [1.82, 2.24) is 0 Å². The van der Waals surface area contributed by atoms with Crippen molar-refractivity contribution < 1.29 is 14.3 Å². The van der Waals surface area contributed by atoms with Gasteiger partial charge in [0.25, 0.3) is 5.91 Å². The molecule has 0 saturated heterocycles. The molecule has 0 fully saturated rings. The summed E-state index contributed by atoms with van der Waals surface area (Å²) >= 11 is 0. The van der Waals surface area contributed by atoms with Crippen molar-refractivity contribution in [2.75, 3.05) is 11.9 Å². The molecule has 1 aromatic carbocycles. The molecule has 0 saturated carbocycles. The maximum Gasteiger partial charge on any atom is 0.256 e. The number of anilines is 1. The maximum absolute atomic E-state index is 12.6. The summed E-state index contributed by atoms with van der Waals surface area (Å²) in [6.45, 7) is 10.2. The van der Waals surface area contributed by atoms with Crippen molar-refractivity contribution in [2.24, 2.45) is 0 Å². The van der Waals surface area contributed by atoms with Crippen LogP contribution in [0.5, 0.6) is 5.75 Å². The van der Waals surface area contributed by atoms with Gasteiger partial charge in [0.05, 0.1) is 11.7 Å². The molecule has 0 heterocycles. The Bertz CT molecular complexity index is 593. The van der Waals surface area contributed by atoms with Crippen molar-refractivity contribution in [2.45, 2.75) is 65.6 Å². The smallest absolute Gasteiger partial charge is 0.256 e. The predicted molar refractivity (Wildman–Crippen MR) is 95.1 cm³/mol. The average Bonchev–Trinajstić information content (AvgIpc) is 2.54. The van der Waals surface area contributed by atoms with E-state index in [4.69, 9.17) is 9.47 Å². The molecule has 132 valence electrons. The Balaban J connectivity index is 2.94. The number of nitrogens with one attached hydrogen (secondary N) is 1. The topological polar surface area (TPSA) is 71.3 Å². The normalized spacial score (nSPS) is 13.2. The molecule has 0 aromatic heterocycles. The summed E-state index contributed by atoms with van der Waals surface area (Å²) in [6.07, 6.45) is 2.32. The third-order valence-electron chi connectivity index (χ3n) is 3.55. The van der Waals surface area contributed by atoms with E-state index in [0.29, 0.717) is 30.0 Å². The van der Waals surface area contributed by atoms with E-state index in [1.807, 2.05) is 34.6 Å². The Hall–Kier alpha value is -2.06. The standard InChI is InChI=1S/C19H28N2O3/c1-6-10-19(5,23-11-7-2)18(22)21-16-8-9-17(24-14(3)4)15(12-16)13-20/h8-9,12,14H,6-7,10-11H2,1-5H3,(H,21,22)/t19-/m0/s1. The van der Waals surface area contributed by atoms with Crippen LogP contribution in [0.3, 0.4) is 0 Å². The highest BCUT2D eigenvalue weighted by Gasteiger charge is 2.33. The third-order valence-corrected chi connectivity index (χ3v) is 3.55. The van der Waals surface area contributed by atoms with Gasteiger partial charge in [0.1, 0.15) is 17.4 Å². The fourth-order valence-electron chi connectivity index (χ4n) is 2.37. The molecule has 1 aromatic rings. The molecule has 0 aliphatic carbocycles. The molecule has 0 bridgehead atoms. The van der Waals surface area contributed by atoms with Gasteiger partial charge in [-0.3, -0.25) is 4.79 Å². The number of carbonyl (C=O) groups is 1. The van der Waals surface area contributed by atoms with E-state index in [9.17, 15) is 10.1 Å². The molecule has 5 heteroatoms. The van der Waals surface area contributed by atoms with Crippen LogP contribution in [0.25, 0.3) is 0 Å².